The van der Waals surface area contributed by atoms with Crippen LogP contribution in [0.25, 0.3) is 21.7 Å². The van der Waals surface area contributed by atoms with E-state index in [1.165, 1.54) is 16.4 Å². The van der Waals surface area contributed by atoms with Crippen molar-refractivity contribution in [3.8, 4) is 11.6 Å². The molecular formula is C23H24FN3O4S. The summed E-state index contributed by atoms with van der Waals surface area (Å²) in [5.41, 5.74) is 2.19. The van der Waals surface area contributed by atoms with Crippen molar-refractivity contribution >= 4 is 37.4 Å². The summed E-state index contributed by atoms with van der Waals surface area (Å²) in [6.45, 7) is 4.15. The predicted octanol–water partition coefficient (Wildman–Crippen LogP) is 4.14. The number of hydrogen-bond acceptors (Lipinski definition) is 5. The van der Waals surface area contributed by atoms with Gasteiger partial charge in [0.2, 0.25) is 15.9 Å². The monoisotopic (exact) mass is 457 g/mol. The summed E-state index contributed by atoms with van der Waals surface area (Å²) in [6.07, 6.45) is 4.80. The summed E-state index contributed by atoms with van der Waals surface area (Å²) in [5, 5.41) is 22.6. The largest absolute Gasteiger partial charge is 0.505 e. The third-order valence-electron chi connectivity index (χ3n) is 5.56. The second kappa shape index (κ2) is 7.98. The molecule has 0 aliphatic carbocycles. The van der Waals surface area contributed by atoms with Crippen molar-refractivity contribution in [2.45, 2.75) is 26.8 Å². The Hall–Kier alpha value is -3.33. The van der Waals surface area contributed by atoms with Crippen molar-refractivity contribution in [2.75, 3.05) is 17.1 Å². The van der Waals surface area contributed by atoms with Gasteiger partial charge < -0.3 is 14.8 Å². The van der Waals surface area contributed by atoms with Crippen LogP contribution < -0.4 is 4.31 Å². The van der Waals surface area contributed by atoms with Gasteiger partial charge in [0, 0.05) is 36.3 Å². The summed E-state index contributed by atoms with van der Waals surface area (Å²) in [4.78, 5) is 4.41. The topological polar surface area (TPSA) is 95.7 Å². The molecule has 9 heteroatoms. The molecule has 0 atom stereocenters. The van der Waals surface area contributed by atoms with Gasteiger partial charge in [-0.05, 0) is 49.6 Å². The second-order valence-electron chi connectivity index (χ2n) is 7.70. The van der Waals surface area contributed by atoms with E-state index in [9.17, 15) is 23.0 Å². The molecule has 4 rings (SSSR count). The highest BCUT2D eigenvalue weighted by molar-refractivity contribution is 7.92. The van der Waals surface area contributed by atoms with Gasteiger partial charge in [0.15, 0.2) is 5.75 Å². The van der Waals surface area contributed by atoms with E-state index in [4.69, 9.17) is 0 Å². The Labute approximate surface area is 185 Å². The lowest BCUT2D eigenvalue weighted by Crippen LogP contribution is -2.29. The molecule has 168 valence electrons. The zero-order valence-electron chi connectivity index (χ0n) is 18.0. The zero-order valence-corrected chi connectivity index (χ0v) is 18.8. The second-order valence-corrected chi connectivity index (χ2v) is 9.60. The zero-order chi connectivity index (χ0) is 23.2. The fourth-order valence-corrected chi connectivity index (χ4v) is 5.10. The molecule has 7 nitrogen and oxygen atoms in total. The first-order valence-corrected chi connectivity index (χ1v) is 12.1. The molecule has 2 aromatic heterocycles. The van der Waals surface area contributed by atoms with Crippen LogP contribution in [0.3, 0.4) is 0 Å². The highest BCUT2D eigenvalue weighted by Crippen LogP contribution is 2.46. The molecule has 0 fully saturated rings. The van der Waals surface area contributed by atoms with Crippen molar-refractivity contribution in [1.82, 2.24) is 9.55 Å². The maximum Gasteiger partial charge on any atom is 0.232 e. The summed E-state index contributed by atoms with van der Waals surface area (Å²) in [7, 11) is -3.66. The number of aromatic nitrogens is 2. The standard InChI is InChI=1S/C23H24FN3O4S/c1-4-26-13-18-19(23(26)29)22(28)20-17(21(18)27(5-2)32(3,30)31)11-15(12-25-20)10-14-6-8-16(24)9-7-14/h6-9,11-13,28-29H,4-5,10H2,1-3H3. The molecule has 0 aliphatic heterocycles. The molecule has 2 N–H and O–H groups in total. The van der Waals surface area contributed by atoms with Crippen LogP contribution in [0, 0.1) is 5.82 Å². The number of nitrogens with zero attached hydrogens (tertiary/aromatic N) is 3. The van der Waals surface area contributed by atoms with Crippen molar-refractivity contribution < 1.29 is 23.0 Å². The van der Waals surface area contributed by atoms with E-state index in [2.05, 4.69) is 4.98 Å². The first kappa shape index (κ1) is 21.9. The van der Waals surface area contributed by atoms with E-state index in [0.29, 0.717) is 29.4 Å². The van der Waals surface area contributed by atoms with E-state index >= 15 is 0 Å². The van der Waals surface area contributed by atoms with Crippen molar-refractivity contribution in [3.05, 3.63) is 59.7 Å². The number of sulfonamides is 1. The Bertz CT molecular complexity index is 1430. The molecule has 0 aliphatic rings. The van der Waals surface area contributed by atoms with Gasteiger partial charge in [-0.15, -0.1) is 0 Å². The van der Waals surface area contributed by atoms with Gasteiger partial charge in [-0.1, -0.05) is 12.1 Å². The first-order chi connectivity index (χ1) is 15.2. The molecule has 2 aromatic carbocycles. The normalized spacial score (nSPS) is 12.0. The SMILES string of the molecule is CCN(c1c2cc(Cc3ccc(F)cc3)cnc2c(O)c2c(O)n(CC)cc12)S(C)(=O)=O. The van der Waals surface area contributed by atoms with Crippen LogP contribution in [-0.2, 0) is 23.0 Å². The van der Waals surface area contributed by atoms with Crippen molar-refractivity contribution in [3.63, 3.8) is 0 Å². The van der Waals surface area contributed by atoms with Crippen LogP contribution in [0.15, 0.2) is 42.7 Å². The van der Waals surface area contributed by atoms with Crippen LogP contribution >= 0.6 is 0 Å². The third-order valence-corrected chi connectivity index (χ3v) is 6.81. The smallest absolute Gasteiger partial charge is 0.232 e. The minimum atomic E-state index is -3.66. The molecule has 0 saturated heterocycles. The minimum absolute atomic E-state index is 0.148. The maximum atomic E-state index is 13.3. The maximum absolute atomic E-state index is 13.3. The Morgan fingerprint density at radius 2 is 1.78 bits per heavy atom. The number of halogens is 1. The molecule has 4 aromatic rings. The first-order valence-electron chi connectivity index (χ1n) is 10.2. The molecule has 0 radical (unpaired) electrons. The van der Waals surface area contributed by atoms with Crippen LogP contribution in [-0.4, -0.2) is 41.0 Å². The van der Waals surface area contributed by atoms with E-state index in [1.807, 2.05) is 6.92 Å². The van der Waals surface area contributed by atoms with Crippen molar-refractivity contribution in [1.29, 1.82) is 0 Å². The number of phenols is 1. The number of anilines is 1. The van der Waals surface area contributed by atoms with Gasteiger partial charge in [-0.25, -0.2) is 12.8 Å². The Balaban J connectivity index is 2.05. The Kier molecular flexibility index (Phi) is 5.46. The van der Waals surface area contributed by atoms with Crippen LogP contribution in [0.2, 0.25) is 0 Å². The van der Waals surface area contributed by atoms with Gasteiger partial charge in [-0.2, -0.15) is 0 Å². The summed E-state index contributed by atoms with van der Waals surface area (Å²) < 4.78 is 41.3. The number of aryl methyl sites for hydroxylation is 1. The lowest BCUT2D eigenvalue weighted by Gasteiger charge is -2.24. The molecular weight excluding hydrogens is 433 g/mol. The van der Waals surface area contributed by atoms with E-state index < -0.39 is 10.0 Å². The van der Waals surface area contributed by atoms with Gasteiger partial charge in [-0.3, -0.25) is 9.29 Å². The molecule has 0 bridgehead atoms. The van der Waals surface area contributed by atoms with Crippen molar-refractivity contribution in [2.24, 2.45) is 0 Å². The number of fused-ring (bicyclic) bond motifs is 2. The predicted molar refractivity (Wildman–Crippen MR) is 123 cm³/mol. The molecule has 0 amide bonds. The highest BCUT2D eigenvalue weighted by Gasteiger charge is 2.27. The average molecular weight is 458 g/mol. The number of aromatic hydroxyl groups is 2. The lowest BCUT2D eigenvalue weighted by molar-refractivity contribution is 0.423. The van der Waals surface area contributed by atoms with Gasteiger partial charge in [0.25, 0.3) is 0 Å². The minimum Gasteiger partial charge on any atom is -0.505 e. The average Bonchev–Trinajstić information content (AvgIpc) is 3.08. The van der Waals surface area contributed by atoms with E-state index in [0.717, 1.165) is 17.4 Å². The van der Waals surface area contributed by atoms with E-state index in [-0.39, 0.29) is 34.9 Å². The fourth-order valence-electron chi connectivity index (χ4n) is 4.10. The Morgan fingerprint density at radius 1 is 1.09 bits per heavy atom. The fraction of sp³-hybridized carbons (Fsp3) is 0.261. The van der Waals surface area contributed by atoms with Crippen LogP contribution in [0.5, 0.6) is 11.6 Å². The molecule has 2 heterocycles. The molecule has 0 spiro atoms. The third kappa shape index (κ3) is 3.62. The van der Waals surface area contributed by atoms with Crippen LogP contribution in [0.4, 0.5) is 10.1 Å². The molecule has 32 heavy (non-hydrogen) atoms. The molecule has 0 saturated carbocycles. The summed E-state index contributed by atoms with van der Waals surface area (Å²) in [5.74, 6) is -0.682. The van der Waals surface area contributed by atoms with Gasteiger partial charge in [0.1, 0.15) is 11.3 Å². The number of hydrogen-bond donors (Lipinski definition) is 2. The number of benzene rings is 2. The summed E-state index contributed by atoms with van der Waals surface area (Å²) in [6, 6.07) is 7.89. The van der Waals surface area contributed by atoms with Crippen LogP contribution in [0.1, 0.15) is 25.0 Å². The summed E-state index contributed by atoms with van der Waals surface area (Å²) >= 11 is 0. The number of pyridine rings is 1. The number of rotatable bonds is 6. The lowest BCUT2D eigenvalue weighted by atomic mass is 10.0. The quantitative estimate of drug-likeness (QED) is 0.454. The Morgan fingerprint density at radius 3 is 2.38 bits per heavy atom. The van der Waals surface area contributed by atoms with E-state index in [1.54, 1.807) is 42.1 Å². The molecule has 0 unspecified atom stereocenters. The van der Waals surface area contributed by atoms with Gasteiger partial charge >= 0.3 is 0 Å². The highest BCUT2D eigenvalue weighted by atomic mass is 32.2. The number of phenolic OH excluding ortho intramolecular Hbond substituents is 1. The van der Waals surface area contributed by atoms with Gasteiger partial charge in [0.05, 0.1) is 17.3 Å².